The number of ketones is 1. The van der Waals surface area contributed by atoms with Crippen molar-refractivity contribution in [2.24, 2.45) is 0 Å². The molecule has 2 aliphatic rings. The molecule has 13 heteroatoms. The number of aromatic nitrogens is 4. The maximum atomic E-state index is 14.0. The number of aromatic amines is 1. The van der Waals surface area contributed by atoms with Crippen LogP contribution in [-0.2, 0) is 4.79 Å². The van der Waals surface area contributed by atoms with Crippen LogP contribution in [0.5, 0.6) is 11.6 Å². The number of imide groups is 1. The zero-order valence-electron chi connectivity index (χ0n) is 22.9. The van der Waals surface area contributed by atoms with Crippen LogP contribution in [0.4, 0.5) is 25.1 Å². The van der Waals surface area contributed by atoms with E-state index in [1.54, 1.807) is 32.0 Å². The van der Waals surface area contributed by atoms with Crippen molar-refractivity contribution >= 4 is 40.1 Å². The van der Waals surface area contributed by atoms with E-state index in [0.29, 0.717) is 46.2 Å². The zero-order valence-corrected chi connectivity index (χ0v) is 22.9. The Morgan fingerprint density at radius 1 is 1.02 bits per heavy atom. The SMILES string of the molecule is Cc1cc2cc(C(=O)c3cnn(-c4cnc(Oc5c(F)cccc5F)cc4C)c3N)[nH]c2cc1N1C(=O)NC2(CC2)C1=O. The van der Waals surface area contributed by atoms with Crippen molar-refractivity contribution in [3.05, 3.63) is 88.9 Å². The summed E-state index contributed by atoms with van der Waals surface area (Å²) in [5.74, 6) is -3.00. The van der Waals surface area contributed by atoms with Gasteiger partial charge in [-0.05, 0) is 68.1 Å². The molecule has 1 saturated carbocycles. The van der Waals surface area contributed by atoms with Gasteiger partial charge >= 0.3 is 6.03 Å². The number of hydrogen-bond donors (Lipinski definition) is 3. The van der Waals surface area contributed by atoms with Gasteiger partial charge in [-0.25, -0.2) is 28.1 Å². The Balaban J connectivity index is 1.16. The lowest BCUT2D eigenvalue weighted by Crippen LogP contribution is -2.32. The number of pyridine rings is 1. The van der Waals surface area contributed by atoms with Gasteiger partial charge in [0, 0.05) is 17.0 Å². The third kappa shape index (κ3) is 4.11. The first-order valence-corrected chi connectivity index (χ1v) is 13.3. The highest BCUT2D eigenvalue weighted by atomic mass is 19.1. The number of nitrogens with zero attached hydrogens (tertiary/aromatic N) is 4. The number of carbonyl (C=O) groups is 3. The minimum absolute atomic E-state index is 0.0413. The fourth-order valence-corrected chi connectivity index (χ4v) is 5.30. The van der Waals surface area contributed by atoms with E-state index in [1.807, 2.05) is 0 Å². The summed E-state index contributed by atoms with van der Waals surface area (Å²) in [6.45, 7) is 3.50. The highest BCUT2D eigenvalue weighted by Gasteiger charge is 2.60. The normalized spacial score (nSPS) is 15.4. The van der Waals surface area contributed by atoms with E-state index in [1.165, 1.54) is 29.2 Å². The van der Waals surface area contributed by atoms with Crippen LogP contribution in [0.3, 0.4) is 0 Å². The first kappa shape index (κ1) is 26.3. The van der Waals surface area contributed by atoms with E-state index in [-0.39, 0.29) is 28.9 Å². The summed E-state index contributed by atoms with van der Waals surface area (Å²) >= 11 is 0. The summed E-state index contributed by atoms with van der Waals surface area (Å²) in [5, 5.41) is 7.76. The van der Waals surface area contributed by atoms with E-state index in [4.69, 9.17) is 10.5 Å². The van der Waals surface area contributed by atoms with Gasteiger partial charge in [0.25, 0.3) is 5.91 Å². The number of benzene rings is 2. The number of fused-ring (bicyclic) bond motifs is 1. The Bertz CT molecular complexity index is 2010. The van der Waals surface area contributed by atoms with E-state index in [9.17, 15) is 23.2 Å². The largest absolute Gasteiger partial charge is 0.433 e. The number of para-hydroxylation sites is 1. The first-order chi connectivity index (χ1) is 20.6. The van der Waals surface area contributed by atoms with Gasteiger partial charge in [0.15, 0.2) is 11.6 Å². The van der Waals surface area contributed by atoms with Gasteiger partial charge in [-0.2, -0.15) is 5.10 Å². The Morgan fingerprint density at radius 2 is 1.74 bits per heavy atom. The lowest BCUT2D eigenvalue weighted by molar-refractivity contribution is -0.119. The molecule has 1 aliphatic carbocycles. The van der Waals surface area contributed by atoms with Crippen molar-refractivity contribution in [1.29, 1.82) is 0 Å². The highest BCUT2D eigenvalue weighted by molar-refractivity contribution is 6.25. The molecule has 0 atom stereocenters. The summed E-state index contributed by atoms with van der Waals surface area (Å²) < 4.78 is 34.7. The number of ether oxygens (including phenoxy) is 1. The Labute approximate surface area is 242 Å². The molecular formula is C30H23F2N7O4. The molecular weight excluding hydrogens is 560 g/mol. The average Bonchev–Trinajstić information content (AvgIpc) is 3.36. The van der Waals surface area contributed by atoms with Crippen molar-refractivity contribution in [2.45, 2.75) is 32.2 Å². The van der Waals surface area contributed by atoms with E-state index in [2.05, 4.69) is 20.4 Å². The molecule has 4 N–H and O–H groups in total. The number of anilines is 2. The van der Waals surface area contributed by atoms with Crippen molar-refractivity contribution in [3.8, 4) is 17.3 Å². The number of carbonyl (C=O) groups excluding carboxylic acids is 3. The second kappa shape index (κ2) is 9.21. The number of nitrogen functional groups attached to an aromatic ring is 1. The van der Waals surface area contributed by atoms with E-state index < -0.39 is 34.7 Å². The number of nitrogens with one attached hydrogen (secondary N) is 2. The molecule has 1 saturated heterocycles. The van der Waals surface area contributed by atoms with Crippen molar-refractivity contribution < 1.29 is 27.9 Å². The molecule has 0 radical (unpaired) electrons. The summed E-state index contributed by atoms with van der Waals surface area (Å²) in [6.07, 6.45) is 3.94. The average molecular weight is 584 g/mol. The number of amides is 3. The van der Waals surface area contributed by atoms with E-state index >= 15 is 0 Å². The monoisotopic (exact) mass is 583 g/mol. The van der Waals surface area contributed by atoms with Gasteiger partial charge in [0.1, 0.15) is 11.4 Å². The summed E-state index contributed by atoms with van der Waals surface area (Å²) in [7, 11) is 0. The maximum Gasteiger partial charge on any atom is 0.329 e. The van der Waals surface area contributed by atoms with Crippen LogP contribution in [0, 0.1) is 25.5 Å². The maximum absolute atomic E-state index is 14.0. The first-order valence-electron chi connectivity index (χ1n) is 13.3. The molecule has 11 nitrogen and oxygen atoms in total. The Hall–Kier alpha value is -5.59. The van der Waals surface area contributed by atoms with Crippen molar-refractivity contribution in [3.63, 3.8) is 0 Å². The summed E-state index contributed by atoms with van der Waals surface area (Å²) in [5.41, 5.74) is 8.63. The van der Waals surface area contributed by atoms with Gasteiger partial charge in [-0.1, -0.05) is 6.07 Å². The van der Waals surface area contributed by atoms with Crippen LogP contribution in [0.2, 0.25) is 0 Å². The number of nitrogens with two attached hydrogens (primary N) is 1. The van der Waals surface area contributed by atoms with Crippen LogP contribution in [-0.4, -0.2) is 43.0 Å². The quantitative estimate of drug-likeness (QED) is 0.191. The molecule has 1 spiro atoms. The molecule has 0 unspecified atom stereocenters. The predicted octanol–water partition coefficient (Wildman–Crippen LogP) is 4.84. The standard InChI is InChI=1S/C30H23F2N7O4/c1-14-8-16-10-21(36-20(16)11-22(14)38-28(41)30(6-7-30)37-29(38)42)25(40)17-12-35-39(27(17)33)23-13-34-24(9-15(23)2)43-26-18(31)4-3-5-19(26)32/h3-5,8-13,36H,6-7,33H2,1-2H3,(H,37,42). The smallest absolute Gasteiger partial charge is 0.329 e. The molecule has 43 heavy (non-hydrogen) atoms. The van der Waals surface area contributed by atoms with Gasteiger partial charge in [-0.15, -0.1) is 0 Å². The predicted molar refractivity (Wildman–Crippen MR) is 151 cm³/mol. The van der Waals surface area contributed by atoms with Gasteiger partial charge < -0.3 is 20.8 Å². The molecule has 216 valence electrons. The Morgan fingerprint density at radius 3 is 2.42 bits per heavy atom. The molecule has 3 aromatic heterocycles. The number of urea groups is 1. The van der Waals surface area contributed by atoms with Crippen LogP contribution in [0.1, 0.15) is 40.0 Å². The number of rotatable bonds is 6. The fraction of sp³-hybridized carbons (Fsp3) is 0.167. The minimum atomic E-state index is -0.868. The molecule has 0 bridgehead atoms. The van der Waals surface area contributed by atoms with Crippen LogP contribution in [0.15, 0.2) is 54.9 Å². The van der Waals surface area contributed by atoms with Crippen LogP contribution < -0.4 is 20.7 Å². The molecule has 7 rings (SSSR count). The minimum Gasteiger partial charge on any atom is -0.433 e. The molecule has 2 aromatic carbocycles. The molecule has 2 fully saturated rings. The third-order valence-corrected chi connectivity index (χ3v) is 7.80. The number of H-pyrrole nitrogens is 1. The van der Waals surface area contributed by atoms with Crippen molar-refractivity contribution in [1.82, 2.24) is 25.1 Å². The van der Waals surface area contributed by atoms with Gasteiger partial charge in [0.05, 0.1) is 35.0 Å². The summed E-state index contributed by atoms with van der Waals surface area (Å²) in [4.78, 5) is 47.4. The third-order valence-electron chi connectivity index (χ3n) is 7.80. The highest BCUT2D eigenvalue weighted by Crippen LogP contribution is 2.43. The number of hydrogen-bond acceptors (Lipinski definition) is 7. The van der Waals surface area contributed by atoms with Gasteiger partial charge in [-0.3, -0.25) is 9.59 Å². The fourth-order valence-electron chi connectivity index (χ4n) is 5.30. The molecule has 5 aromatic rings. The second-order valence-electron chi connectivity index (χ2n) is 10.7. The molecule has 4 heterocycles. The zero-order chi connectivity index (χ0) is 30.2. The van der Waals surface area contributed by atoms with Crippen LogP contribution in [0.25, 0.3) is 16.6 Å². The number of halogens is 2. The second-order valence-corrected chi connectivity index (χ2v) is 10.7. The van der Waals surface area contributed by atoms with Crippen molar-refractivity contribution in [2.75, 3.05) is 10.6 Å². The topological polar surface area (TPSA) is 148 Å². The van der Waals surface area contributed by atoms with E-state index in [0.717, 1.165) is 17.0 Å². The van der Waals surface area contributed by atoms with Gasteiger partial charge in [0.2, 0.25) is 17.4 Å². The molecule has 3 amide bonds. The lowest BCUT2D eigenvalue weighted by Gasteiger charge is -2.16. The van der Waals surface area contributed by atoms with Crippen LogP contribution >= 0.6 is 0 Å². The summed E-state index contributed by atoms with van der Waals surface area (Å²) in [6, 6.07) is 9.53. The lowest BCUT2D eigenvalue weighted by atomic mass is 10.1. The number of aryl methyl sites for hydroxylation is 2. The Kier molecular flexibility index (Phi) is 5.64. The molecule has 1 aliphatic heterocycles.